The summed E-state index contributed by atoms with van der Waals surface area (Å²) in [6, 6.07) is 0. The molecule has 0 spiro atoms. The molecule has 0 fully saturated rings. The summed E-state index contributed by atoms with van der Waals surface area (Å²) in [5.74, 6) is -2.64. The summed E-state index contributed by atoms with van der Waals surface area (Å²) in [6.45, 7) is -0.863. The van der Waals surface area contributed by atoms with Gasteiger partial charge in [-0.25, -0.2) is 0 Å². The second-order valence-electron chi connectivity index (χ2n) is 2.52. The molecule has 0 rings (SSSR count). The Labute approximate surface area is 89.7 Å². The van der Waals surface area contributed by atoms with E-state index in [4.69, 9.17) is 21.8 Å². The van der Waals surface area contributed by atoms with E-state index < -0.39 is 41.8 Å². The van der Waals surface area contributed by atoms with Gasteiger partial charge in [0.15, 0.2) is 0 Å². The van der Waals surface area contributed by atoms with Gasteiger partial charge in [0.25, 0.3) is 0 Å². The standard InChI is InChI=1S/C7H11BrO6/c8-1-3(10)5(12)7(14)6(13)4(11)2-9/h4,6-7,9,11,13-14H,1-2H2/t4-,6-,7-/m1/s1/i1D/t1?,4-,6-,7-. The number of aliphatic hydroxyl groups is 4. The van der Waals surface area contributed by atoms with Crippen LogP contribution in [-0.2, 0) is 9.59 Å². The number of carbonyl (C=O) groups is 2. The van der Waals surface area contributed by atoms with E-state index >= 15 is 0 Å². The van der Waals surface area contributed by atoms with Crippen molar-refractivity contribution in [2.45, 2.75) is 18.3 Å². The van der Waals surface area contributed by atoms with Crippen molar-refractivity contribution in [2.24, 2.45) is 0 Å². The Hall–Kier alpha value is -0.340. The van der Waals surface area contributed by atoms with E-state index in [2.05, 4.69) is 15.9 Å². The van der Waals surface area contributed by atoms with Gasteiger partial charge < -0.3 is 20.4 Å². The zero-order valence-corrected chi connectivity index (χ0v) is 8.59. The lowest BCUT2D eigenvalue weighted by Gasteiger charge is -2.19. The number of hydrogen-bond acceptors (Lipinski definition) is 6. The van der Waals surface area contributed by atoms with Gasteiger partial charge in [-0.2, -0.15) is 0 Å². The highest BCUT2D eigenvalue weighted by Crippen LogP contribution is 2.02. The van der Waals surface area contributed by atoms with E-state index in [1.807, 2.05) is 0 Å². The van der Waals surface area contributed by atoms with Crippen LogP contribution in [0.3, 0.4) is 0 Å². The molecule has 7 heteroatoms. The molecular formula is C7H11BrO6. The van der Waals surface area contributed by atoms with Crippen molar-refractivity contribution >= 4 is 27.5 Å². The monoisotopic (exact) mass is 271 g/mol. The second-order valence-corrected chi connectivity index (χ2v) is 2.98. The quantitative estimate of drug-likeness (QED) is 0.316. The van der Waals surface area contributed by atoms with Crippen LogP contribution >= 0.6 is 15.9 Å². The Balaban J connectivity index is 4.51. The van der Waals surface area contributed by atoms with E-state index in [0.717, 1.165) is 0 Å². The molecule has 0 heterocycles. The molecule has 0 aromatic rings. The van der Waals surface area contributed by atoms with Crippen LogP contribution in [-0.4, -0.2) is 62.2 Å². The average Bonchev–Trinajstić information content (AvgIpc) is 2.23. The molecule has 0 amide bonds. The van der Waals surface area contributed by atoms with E-state index in [1.165, 1.54) is 0 Å². The van der Waals surface area contributed by atoms with Crippen molar-refractivity contribution in [3.8, 4) is 0 Å². The summed E-state index contributed by atoms with van der Waals surface area (Å²) >= 11 is 2.50. The Bertz CT molecular complexity index is 246. The number of carbonyl (C=O) groups excluding carboxylic acids is 2. The van der Waals surface area contributed by atoms with E-state index in [-0.39, 0.29) is 0 Å². The minimum absolute atomic E-state index is 0.863. The van der Waals surface area contributed by atoms with E-state index in [1.54, 1.807) is 0 Å². The van der Waals surface area contributed by atoms with Gasteiger partial charge in [0.05, 0.1) is 11.9 Å². The van der Waals surface area contributed by atoms with Gasteiger partial charge in [-0.3, -0.25) is 9.59 Å². The lowest BCUT2D eigenvalue weighted by molar-refractivity contribution is -0.148. The normalized spacial score (nSPS) is 20.5. The third kappa shape index (κ3) is 3.43. The average molecular weight is 272 g/mol. The maximum Gasteiger partial charge on any atom is 0.230 e. The van der Waals surface area contributed by atoms with Crippen LogP contribution < -0.4 is 0 Å². The number of ketones is 2. The SMILES string of the molecule is [2H]C(Br)C(=O)C(=O)[C@@H](O)[C@H](O)[C@H](O)CO. The fourth-order valence-corrected chi connectivity index (χ4v) is 0.899. The molecule has 0 saturated carbocycles. The molecule has 1 unspecified atom stereocenters. The van der Waals surface area contributed by atoms with Gasteiger partial charge in [0, 0.05) is 1.37 Å². The summed E-state index contributed by atoms with van der Waals surface area (Å²) in [5, 5.41) is 34.0. The number of halogens is 1. The highest BCUT2D eigenvalue weighted by molar-refractivity contribution is 9.09. The van der Waals surface area contributed by atoms with Crippen LogP contribution in [0, 0.1) is 0 Å². The first-order valence-corrected chi connectivity index (χ1v) is 4.54. The predicted octanol–water partition coefficient (Wildman–Crippen LogP) is -2.41. The number of alkyl halides is 1. The van der Waals surface area contributed by atoms with Crippen molar-refractivity contribution in [1.82, 2.24) is 0 Å². The first-order chi connectivity index (χ1) is 6.82. The number of Topliss-reactive ketones (excluding diaryl/α,β-unsaturated/α-hetero) is 2. The van der Waals surface area contributed by atoms with Crippen molar-refractivity contribution < 1.29 is 31.4 Å². The van der Waals surface area contributed by atoms with Gasteiger partial charge in [-0.1, -0.05) is 15.9 Å². The van der Waals surface area contributed by atoms with Crippen LogP contribution in [0.4, 0.5) is 0 Å². The Morgan fingerprint density at radius 3 is 2.21 bits per heavy atom. The lowest BCUT2D eigenvalue weighted by atomic mass is 10.0. The molecule has 6 nitrogen and oxygen atoms in total. The molecule has 4 N–H and O–H groups in total. The fourth-order valence-electron chi connectivity index (χ4n) is 0.673. The molecule has 0 aromatic carbocycles. The van der Waals surface area contributed by atoms with Crippen molar-refractivity contribution in [1.29, 1.82) is 0 Å². The largest absolute Gasteiger partial charge is 0.394 e. The highest BCUT2D eigenvalue weighted by Gasteiger charge is 2.32. The van der Waals surface area contributed by atoms with Crippen molar-refractivity contribution in [3.05, 3.63) is 0 Å². The molecule has 0 aliphatic carbocycles. The summed E-state index contributed by atoms with van der Waals surface area (Å²) in [6.07, 6.45) is -5.83. The Morgan fingerprint density at radius 2 is 1.86 bits per heavy atom. The minimum atomic E-state index is -2.15. The van der Waals surface area contributed by atoms with Gasteiger partial charge in [-0.05, 0) is 0 Å². The molecule has 0 bridgehead atoms. The molecule has 0 saturated heterocycles. The third-order valence-electron chi connectivity index (χ3n) is 1.52. The maximum atomic E-state index is 11.0. The number of rotatable bonds is 6. The molecule has 4 atom stereocenters. The molecule has 0 aliphatic heterocycles. The molecule has 82 valence electrons. The third-order valence-corrected chi connectivity index (χ3v) is 1.93. The van der Waals surface area contributed by atoms with Crippen molar-refractivity contribution in [3.63, 3.8) is 0 Å². The summed E-state index contributed by atoms with van der Waals surface area (Å²) in [5.41, 5.74) is 0. The second kappa shape index (κ2) is 6.20. The predicted molar refractivity (Wildman–Crippen MR) is 48.9 cm³/mol. The maximum absolute atomic E-state index is 11.0. The van der Waals surface area contributed by atoms with Gasteiger partial charge in [0.1, 0.15) is 18.3 Å². The van der Waals surface area contributed by atoms with Gasteiger partial charge in [-0.15, -0.1) is 0 Å². The lowest BCUT2D eigenvalue weighted by Crippen LogP contribution is -2.46. The van der Waals surface area contributed by atoms with Crippen LogP contribution in [0.15, 0.2) is 0 Å². The smallest absolute Gasteiger partial charge is 0.230 e. The number of aliphatic hydroxyl groups excluding tert-OH is 4. The van der Waals surface area contributed by atoms with E-state index in [0.29, 0.717) is 0 Å². The van der Waals surface area contributed by atoms with Crippen LogP contribution in [0.1, 0.15) is 1.37 Å². The van der Waals surface area contributed by atoms with Crippen molar-refractivity contribution in [2.75, 3.05) is 11.9 Å². The van der Waals surface area contributed by atoms with Gasteiger partial charge >= 0.3 is 0 Å². The zero-order chi connectivity index (χ0) is 12.2. The first-order valence-electron chi connectivity index (χ1n) is 4.20. The molecule has 0 aromatic heterocycles. The van der Waals surface area contributed by atoms with E-state index in [9.17, 15) is 9.59 Å². The first kappa shape index (κ1) is 11.7. The Kier molecular flexibility index (Phi) is 5.20. The summed E-state index contributed by atoms with van der Waals surface area (Å²) in [7, 11) is 0. The highest BCUT2D eigenvalue weighted by atomic mass is 79.9. The zero-order valence-electron chi connectivity index (χ0n) is 8.00. The topological polar surface area (TPSA) is 115 Å². The van der Waals surface area contributed by atoms with Crippen LogP contribution in [0.25, 0.3) is 0 Å². The molecule has 0 radical (unpaired) electrons. The molecular weight excluding hydrogens is 260 g/mol. The Morgan fingerprint density at radius 1 is 1.36 bits per heavy atom. The van der Waals surface area contributed by atoms with Crippen LogP contribution in [0.5, 0.6) is 0 Å². The molecule has 0 aliphatic rings. The number of hydrogen-bond donors (Lipinski definition) is 4. The minimum Gasteiger partial charge on any atom is -0.394 e. The fraction of sp³-hybridized carbons (Fsp3) is 0.714. The summed E-state index contributed by atoms with van der Waals surface area (Å²) < 4.78 is 6.84. The van der Waals surface area contributed by atoms with Gasteiger partial charge in [0.2, 0.25) is 11.6 Å². The summed E-state index contributed by atoms with van der Waals surface area (Å²) in [4.78, 5) is 21.9. The van der Waals surface area contributed by atoms with Crippen LogP contribution in [0.2, 0.25) is 0 Å². The molecule has 14 heavy (non-hydrogen) atoms.